The molecule has 2 amide bonds. The molecule has 0 radical (unpaired) electrons. The summed E-state index contributed by atoms with van der Waals surface area (Å²) in [5, 5.41) is 5.35. The second-order valence-electron chi connectivity index (χ2n) is 5.71. The first-order valence-corrected chi connectivity index (χ1v) is 8.51. The Bertz CT molecular complexity index is 777. The van der Waals surface area contributed by atoms with Crippen LogP contribution in [-0.2, 0) is 19.1 Å². The van der Waals surface area contributed by atoms with Crippen LogP contribution in [0.15, 0.2) is 54.6 Å². The minimum absolute atomic E-state index is 0.0641. The van der Waals surface area contributed by atoms with E-state index in [0.717, 1.165) is 0 Å². The molecule has 2 N–H and O–H groups in total. The highest BCUT2D eigenvalue weighted by molar-refractivity contribution is 5.93. The standard InChI is InChI=1S/C20H22N2O5/c1-26-17-10-5-9-16(13-17)22-19(24)14-27-20(25)12-6-11-18(23)21-15-7-3-2-4-8-15/h2-5,7-10,13H,6,11-12,14H2,1H3,(H,21,23)(H,22,24). The zero-order valence-corrected chi connectivity index (χ0v) is 15.1. The molecule has 0 aliphatic heterocycles. The number of benzene rings is 2. The van der Waals surface area contributed by atoms with Crippen LogP contribution in [0.3, 0.4) is 0 Å². The van der Waals surface area contributed by atoms with Crippen molar-refractivity contribution in [3.8, 4) is 5.75 Å². The molecule has 2 aromatic carbocycles. The number of hydrogen-bond acceptors (Lipinski definition) is 5. The first kappa shape index (κ1) is 20.0. The molecule has 0 saturated heterocycles. The minimum Gasteiger partial charge on any atom is -0.497 e. The van der Waals surface area contributed by atoms with E-state index in [-0.39, 0.29) is 25.4 Å². The molecule has 0 aliphatic rings. The highest BCUT2D eigenvalue weighted by atomic mass is 16.5. The van der Waals surface area contributed by atoms with Crippen LogP contribution in [0.2, 0.25) is 0 Å². The number of para-hydroxylation sites is 1. The van der Waals surface area contributed by atoms with E-state index in [1.165, 1.54) is 7.11 Å². The summed E-state index contributed by atoms with van der Waals surface area (Å²) in [4.78, 5) is 35.3. The maximum absolute atomic E-state index is 11.8. The lowest BCUT2D eigenvalue weighted by Crippen LogP contribution is -2.21. The number of carbonyl (C=O) groups excluding carboxylic acids is 3. The van der Waals surface area contributed by atoms with E-state index in [0.29, 0.717) is 23.5 Å². The molecule has 0 fully saturated rings. The lowest BCUT2D eigenvalue weighted by Gasteiger charge is -2.08. The molecule has 7 heteroatoms. The van der Waals surface area contributed by atoms with Crippen molar-refractivity contribution in [3.63, 3.8) is 0 Å². The number of carbonyl (C=O) groups is 3. The molecular weight excluding hydrogens is 348 g/mol. The molecule has 0 aromatic heterocycles. The second kappa shape index (κ2) is 10.6. The third kappa shape index (κ3) is 7.60. The monoisotopic (exact) mass is 370 g/mol. The van der Waals surface area contributed by atoms with Gasteiger partial charge in [-0.2, -0.15) is 0 Å². The van der Waals surface area contributed by atoms with Gasteiger partial charge in [0.05, 0.1) is 7.11 Å². The Kier molecular flexibility index (Phi) is 7.84. The Morgan fingerprint density at radius 2 is 1.56 bits per heavy atom. The van der Waals surface area contributed by atoms with Crippen LogP contribution in [0.4, 0.5) is 11.4 Å². The van der Waals surface area contributed by atoms with Crippen LogP contribution in [0.1, 0.15) is 19.3 Å². The number of amides is 2. The van der Waals surface area contributed by atoms with Gasteiger partial charge in [0.15, 0.2) is 6.61 Å². The van der Waals surface area contributed by atoms with E-state index >= 15 is 0 Å². The van der Waals surface area contributed by atoms with Gasteiger partial charge in [-0.15, -0.1) is 0 Å². The van der Waals surface area contributed by atoms with Crippen LogP contribution in [0.5, 0.6) is 5.75 Å². The number of esters is 1. The highest BCUT2D eigenvalue weighted by Gasteiger charge is 2.10. The molecule has 2 rings (SSSR count). The van der Waals surface area contributed by atoms with E-state index in [1.54, 1.807) is 36.4 Å². The van der Waals surface area contributed by atoms with Crippen molar-refractivity contribution in [1.82, 2.24) is 0 Å². The zero-order valence-electron chi connectivity index (χ0n) is 15.1. The quantitative estimate of drug-likeness (QED) is 0.662. The van der Waals surface area contributed by atoms with Gasteiger partial charge in [-0.1, -0.05) is 24.3 Å². The van der Waals surface area contributed by atoms with Gasteiger partial charge in [0.2, 0.25) is 5.91 Å². The lowest BCUT2D eigenvalue weighted by molar-refractivity contribution is -0.147. The molecule has 142 valence electrons. The molecule has 27 heavy (non-hydrogen) atoms. The molecule has 7 nitrogen and oxygen atoms in total. The SMILES string of the molecule is COc1cccc(NC(=O)COC(=O)CCCC(=O)Nc2ccccc2)c1. The molecule has 2 aromatic rings. The average molecular weight is 370 g/mol. The van der Waals surface area contributed by atoms with Gasteiger partial charge in [-0.3, -0.25) is 14.4 Å². The molecule has 0 heterocycles. The molecule has 0 unspecified atom stereocenters. The van der Waals surface area contributed by atoms with Crippen molar-refractivity contribution >= 4 is 29.2 Å². The summed E-state index contributed by atoms with van der Waals surface area (Å²) in [6, 6.07) is 15.9. The fourth-order valence-corrected chi connectivity index (χ4v) is 2.25. The largest absolute Gasteiger partial charge is 0.497 e. The maximum Gasteiger partial charge on any atom is 0.306 e. The van der Waals surface area contributed by atoms with Crippen molar-refractivity contribution < 1.29 is 23.9 Å². The Morgan fingerprint density at radius 1 is 0.852 bits per heavy atom. The summed E-state index contributed by atoms with van der Waals surface area (Å²) in [7, 11) is 1.53. The smallest absolute Gasteiger partial charge is 0.306 e. The summed E-state index contributed by atoms with van der Waals surface area (Å²) < 4.78 is 9.99. The predicted molar refractivity (Wildman–Crippen MR) is 102 cm³/mol. The van der Waals surface area contributed by atoms with Gasteiger partial charge < -0.3 is 20.1 Å². The molecular formula is C20H22N2O5. The van der Waals surface area contributed by atoms with Crippen molar-refractivity contribution in [1.29, 1.82) is 0 Å². The summed E-state index contributed by atoms with van der Waals surface area (Å²) in [6.07, 6.45) is 0.601. The highest BCUT2D eigenvalue weighted by Crippen LogP contribution is 2.16. The van der Waals surface area contributed by atoms with Gasteiger partial charge in [-0.25, -0.2) is 0 Å². The first-order valence-electron chi connectivity index (χ1n) is 8.51. The van der Waals surface area contributed by atoms with Crippen LogP contribution in [-0.4, -0.2) is 31.5 Å². The van der Waals surface area contributed by atoms with Crippen LogP contribution >= 0.6 is 0 Å². The zero-order chi connectivity index (χ0) is 19.5. The van der Waals surface area contributed by atoms with Crippen molar-refractivity contribution in [2.24, 2.45) is 0 Å². The third-order valence-electron chi connectivity index (χ3n) is 3.56. The molecule has 0 saturated carbocycles. The Morgan fingerprint density at radius 3 is 2.30 bits per heavy atom. The fourth-order valence-electron chi connectivity index (χ4n) is 2.25. The Labute approximate surface area is 157 Å². The Hall–Kier alpha value is -3.35. The first-order chi connectivity index (χ1) is 13.1. The van der Waals surface area contributed by atoms with Gasteiger partial charge in [0.25, 0.3) is 5.91 Å². The van der Waals surface area contributed by atoms with E-state index < -0.39 is 11.9 Å². The van der Waals surface area contributed by atoms with E-state index in [1.807, 2.05) is 18.2 Å². The number of rotatable bonds is 9. The minimum atomic E-state index is -0.525. The van der Waals surface area contributed by atoms with Crippen molar-refractivity contribution in [2.75, 3.05) is 24.4 Å². The lowest BCUT2D eigenvalue weighted by atomic mass is 10.2. The Balaban J connectivity index is 1.62. The van der Waals surface area contributed by atoms with Crippen LogP contribution in [0, 0.1) is 0 Å². The molecule has 0 atom stereocenters. The summed E-state index contributed by atoms with van der Waals surface area (Å²) in [5.74, 6) is -0.537. The molecule has 0 aliphatic carbocycles. The van der Waals surface area contributed by atoms with Gasteiger partial charge in [-0.05, 0) is 30.7 Å². The van der Waals surface area contributed by atoms with Crippen molar-refractivity contribution in [3.05, 3.63) is 54.6 Å². The fraction of sp³-hybridized carbons (Fsp3) is 0.250. The van der Waals surface area contributed by atoms with E-state index in [9.17, 15) is 14.4 Å². The van der Waals surface area contributed by atoms with Crippen LogP contribution in [0.25, 0.3) is 0 Å². The van der Waals surface area contributed by atoms with Gasteiger partial charge >= 0.3 is 5.97 Å². The molecule has 0 spiro atoms. The van der Waals surface area contributed by atoms with Gasteiger partial charge in [0.1, 0.15) is 5.75 Å². The molecule has 0 bridgehead atoms. The summed E-state index contributed by atoms with van der Waals surface area (Å²) in [6.45, 7) is -0.383. The van der Waals surface area contributed by atoms with Gasteiger partial charge in [0, 0.05) is 30.3 Å². The van der Waals surface area contributed by atoms with E-state index in [4.69, 9.17) is 9.47 Å². The number of hydrogen-bond donors (Lipinski definition) is 2. The summed E-state index contributed by atoms with van der Waals surface area (Å²) in [5.41, 5.74) is 1.26. The summed E-state index contributed by atoms with van der Waals surface area (Å²) >= 11 is 0. The topological polar surface area (TPSA) is 93.7 Å². The predicted octanol–water partition coefficient (Wildman–Crippen LogP) is 2.99. The number of anilines is 2. The third-order valence-corrected chi connectivity index (χ3v) is 3.56. The van der Waals surface area contributed by atoms with E-state index in [2.05, 4.69) is 10.6 Å². The van der Waals surface area contributed by atoms with Crippen LogP contribution < -0.4 is 15.4 Å². The number of ether oxygens (including phenoxy) is 2. The number of methoxy groups -OCH3 is 1. The maximum atomic E-state index is 11.8. The van der Waals surface area contributed by atoms with Crippen molar-refractivity contribution in [2.45, 2.75) is 19.3 Å². The number of nitrogens with one attached hydrogen (secondary N) is 2. The second-order valence-corrected chi connectivity index (χ2v) is 5.71. The normalized spacial score (nSPS) is 9.96. The average Bonchev–Trinajstić information content (AvgIpc) is 2.67.